The second-order valence-corrected chi connectivity index (χ2v) is 6.47. The van der Waals surface area contributed by atoms with Crippen molar-refractivity contribution in [3.05, 3.63) is 65.2 Å². The van der Waals surface area contributed by atoms with Gasteiger partial charge in [0.05, 0.1) is 0 Å². The minimum Gasteiger partial charge on any atom is -0.362 e. The van der Waals surface area contributed by atoms with Crippen molar-refractivity contribution in [2.75, 3.05) is 17.6 Å². The van der Waals surface area contributed by atoms with Gasteiger partial charge in [0.2, 0.25) is 0 Å². The van der Waals surface area contributed by atoms with Gasteiger partial charge >= 0.3 is 0 Å². The van der Waals surface area contributed by atoms with Crippen molar-refractivity contribution in [3.8, 4) is 0 Å². The summed E-state index contributed by atoms with van der Waals surface area (Å²) in [7, 11) is 0. The van der Waals surface area contributed by atoms with Crippen molar-refractivity contribution < 1.29 is 8.78 Å². The molecule has 2 N–H and O–H groups in total. The SMILES string of the molecule is Cc1ccccc1CSCCNC(=S)Nc1c(F)cccc1F. The number of halogens is 2. The molecular weight excluding hydrogens is 334 g/mol. The lowest BCUT2D eigenvalue weighted by Crippen LogP contribution is -2.31. The summed E-state index contributed by atoms with van der Waals surface area (Å²) in [5.74, 6) is 0.443. The minimum atomic E-state index is -0.664. The Hall–Kier alpha value is -1.66. The van der Waals surface area contributed by atoms with Crippen LogP contribution >= 0.6 is 24.0 Å². The Balaban J connectivity index is 1.70. The lowest BCUT2D eigenvalue weighted by atomic mass is 10.1. The molecule has 0 aromatic heterocycles. The van der Waals surface area contributed by atoms with Crippen molar-refractivity contribution in [1.29, 1.82) is 0 Å². The number of hydrogen-bond donors (Lipinski definition) is 2. The third-order valence-corrected chi connectivity index (χ3v) is 4.51. The van der Waals surface area contributed by atoms with Crippen LogP contribution in [0.1, 0.15) is 11.1 Å². The molecule has 0 atom stereocenters. The second-order valence-electron chi connectivity index (χ2n) is 4.96. The maximum Gasteiger partial charge on any atom is 0.170 e. The molecule has 6 heteroatoms. The number of hydrogen-bond acceptors (Lipinski definition) is 2. The molecule has 0 unspecified atom stereocenters. The molecule has 2 nitrogen and oxygen atoms in total. The number of rotatable bonds is 6. The highest BCUT2D eigenvalue weighted by Gasteiger charge is 2.09. The summed E-state index contributed by atoms with van der Waals surface area (Å²) in [5, 5.41) is 5.72. The molecule has 2 rings (SSSR count). The van der Waals surface area contributed by atoms with Gasteiger partial charge in [-0.1, -0.05) is 30.3 Å². The number of anilines is 1. The molecule has 0 bridgehead atoms. The zero-order valence-electron chi connectivity index (χ0n) is 12.7. The zero-order valence-corrected chi connectivity index (χ0v) is 14.4. The zero-order chi connectivity index (χ0) is 16.7. The number of thiocarbonyl (C=S) groups is 1. The average molecular weight is 352 g/mol. The quantitative estimate of drug-likeness (QED) is 0.591. The van der Waals surface area contributed by atoms with Gasteiger partial charge in [-0.3, -0.25) is 0 Å². The van der Waals surface area contributed by atoms with Gasteiger partial charge in [-0.15, -0.1) is 0 Å². The standard InChI is InChI=1S/C17H18F2N2S2/c1-12-5-2-3-6-13(12)11-23-10-9-20-17(22)21-16-14(18)7-4-8-15(16)19/h2-8H,9-11H2,1H3,(H2,20,21,22). The van der Waals surface area contributed by atoms with E-state index in [1.165, 1.54) is 29.3 Å². The van der Waals surface area contributed by atoms with Crippen molar-refractivity contribution in [2.24, 2.45) is 0 Å². The molecule has 23 heavy (non-hydrogen) atoms. The van der Waals surface area contributed by atoms with Crippen molar-refractivity contribution in [3.63, 3.8) is 0 Å². The first kappa shape index (κ1) is 17.7. The van der Waals surface area contributed by atoms with Crippen LogP contribution in [-0.4, -0.2) is 17.4 Å². The molecule has 0 spiro atoms. The molecule has 0 aliphatic heterocycles. The van der Waals surface area contributed by atoms with E-state index in [0.29, 0.717) is 6.54 Å². The van der Waals surface area contributed by atoms with E-state index in [1.807, 2.05) is 12.1 Å². The van der Waals surface area contributed by atoms with E-state index in [-0.39, 0.29) is 10.8 Å². The van der Waals surface area contributed by atoms with Gasteiger partial charge in [-0.25, -0.2) is 8.78 Å². The van der Waals surface area contributed by atoms with Crippen molar-refractivity contribution in [1.82, 2.24) is 5.32 Å². The van der Waals surface area contributed by atoms with E-state index in [9.17, 15) is 8.78 Å². The van der Waals surface area contributed by atoms with Crippen LogP contribution < -0.4 is 10.6 Å². The molecule has 0 aliphatic carbocycles. The van der Waals surface area contributed by atoms with Crippen molar-refractivity contribution in [2.45, 2.75) is 12.7 Å². The Morgan fingerprint density at radius 1 is 1.09 bits per heavy atom. The summed E-state index contributed by atoms with van der Waals surface area (Å²) in [6, 6.07) is 12.0. The summed E-state index contributed by atoms with van der Waals surface area (Å²) in [4.78, 5) is 0. The number of thioether (sulfide) groups is 1. The normalized spacial score (nSPS) is 10.4. The largest absolute Gasteiger partial charge is 0.362 e. The van der Waals surface area contributed by atoms with E-state index >= 15 is 0 Å². The maximum atomic E-state index is 13.5. The van der Waals surface area contributed by atoms with Crippen LogP contribution in [0.15, 0.2) is 42.5 Å². The number of aryl methyl sites for hydroxylation is 1. The van der Waals surface area contributed by atoms with E-state index in [0.717, 1.165) is 11.5 Å². The van der Waals surface area contributed by atoms with Gasteiger partial charge in [-0.05, 0) is 42.4 Å². The number of benzene rings is 2. The first-order valence-corrected chi connectivity index (χ1v) is 8.75. The maximum absolute atomic E-state index is 13.5. The van der Waals surface area contributed by atoms with Gasteiger partial charge in [0.15, 0.2) is 5.11 Å². The highest BCUT2D eigenvalue weighted by atomic mass is 32.2. The Labute approximate surface area is 144 Å². The molecule has 0 heterocycles. The minimum absolute atomic E-state index is 0.213. The average Bonchev–Trinajstić information content (AvgIpc) is 2.52. The van der Waals surface area contributed by atoms with Crippen LogP contribution in [0.4, 0.5) is 14.5 Å². The molecule has 0 radical (unpaired) electrons. The molecule has 122 valence electrons. The van der Waals surface area contributed by atoms with E-state index in [4.69, 9.17) is 12.2 Å². The fraction of sp³-hybridized carbons (Fsp3) is 0.235. The lowest BCUT2D eigenvalue weighted by Gasteiger charge is -2.12. The van der Waals surface area contributed by atoms with Crippen LogP contribution in [0.2, 0.25) is 0 Å². The smallest absolute Gasteiger partial charge is 0.170 e. The van der Waals surface area contributed by atoms with Gasteiger partial charge in [0.1, 0.15) is 17.3 Å². The Morgan fingerprint density at radius 2 is 1.78 bits per heavy atom. The summed E-state index contributed by atoms with van der Waals surface area (Å²) in [6.45, 7) is 2.72. The fourth-order valence-corrected chi connectivity index (χ4v) is 3.10. The molecule has 0 aliphatic rings. The summed E-state index contributed by atoms with van der Waals surface area (Å²) in [5.41, 5.74) is 2.37. The third-order valence-electron chi connectivity index (χ3n) is 3.25. The fourth-order valence-electron chi connectivity index (χ4n) is 1.97. The van der Waals surface area contributed by atoms with Gasteiger partial charge < -0.3 is 10.6 Å². The molecule has 0 saturated carbocycles. The third kappa shape index (κ3) is 5.48. The summed E-state index contributed by atoms with van der Waals surface area (Å²) in [6.07, 6.45) is 0. The summed E-state index contributed by atoms with van der Waals surface area (Å²) < 4.78 is 27.0. The highest BCUT2D eigenvalue weighted by Crippen LogP contribution is 2.18. The molecule has 2 aromatic carbocycles. The lowest BCUT2D eigenvalue weighted by molar-refractivity contribution is 0.591. The number of nitrogens with one attached hydrogen (secondary N) is 2. The second kappa shape index (κ2) is 8.84. The molecule has 0 fully saturated rings. The predicted octanol–water partition coefficient (Wildman–Crippen LogP) is 4.49. The van der Waals surface area contributed by atoms with Gasteiger partial charge in [0.25, 0.3) is 0 Å². The van der Waals surface area contributed by atoms with Gasteiger partial charge in [-0.2, -0.15) is 11.8 Å². The van der Waals surface area contributed by atoms with Gasteiger partial charge in [0, 0.05) is 18.1 Å². The Morgan fingerprint density at radius 3 is 2.48 bits per heavy atom. The van der Waals surface area contributed by atoms with Crippen LogP contribution in [0.25, 0.3) is 0 Å². The molecular formula is C17H18F2N2S2. The van der Waals surface area contributed by atoms with Crippen molar-refractivity contribution >= 4 is 34.8 Å². The number of para-hydroxylation sites is 1. The van der Waals surface area contributed by atoms with Crippen LogP contribution in [0.5, 0.6) is 0 Å². The van der Waals surface area contributed by atoms with E-state index < -0.39 is 11.6 Å². The Kier molecular flexibility index (Phi) is 6.80. The molecule has 0 amide bonds. The van der Waals surface area contributed by atoms with Crippen LogP contribution in [0.3, 0.4) is 0 Å². The Bertz CT molecular complexity index is 657. The van der Waals surface area contributed by atoms with Crippen LogP contribution in [0, 0.1) is 18.6 Å². The van der Waals surface area contributed by atoms with E-state index in [1.54, 1.807) is 11.8 Å². The topological polar surface area (TPSA) is 24.1 Å². The predicted molar refractivity (Wildman–Crippen MR) is 97.9 cm³/mol. The van der Waals surface area contributed by atoms with Crippen LogP contribution in [-0.2, 0) is 5.75 Å². The van der Waals surface area contributed by atoms with E-state index in [2.05, 4.69) is 29.7 Å². The molecule has 0 saturated heterocycles. The first-order valence-electron chi connectivity index (χ1n) is 7.19. The monoisotopic (exact) mass is 352 g/mol. The highest BCUT2D eigenvalue weighted by molar-refractivity contribution is 7.98. The summed E-state index contributed by atoms with van der Waals surface area (Å²) >= 11 is 6.83. The first-order chi connectivity index (χ1) is 11.1. The molecule has 2 aromatic rings.